The van der Waals surface area contributed by atoms with E-state index in [2.05, 4.69) is 16.1 Å². The van der Waals surface area contributed by atoms with Gasteiger partial charge in [-0.15, -0.1) is 0 Å². The van der Waals surface area contributed by atoms with E-state index >= 15 is 0 Å². The first-order valence-corrected chi connectivity index (χ1v) is 9.19. The molecule has 1 aromatic rings. The largest absolute Gasteiger partial charge is 0.416 e. The summed E-state index contributed by atoms with van der Waals surface area (Å²) in [5, 5.41) is 12.3. The quantitative estimate of drug-likeness (QED) is 0.775. The Balaban J connectivity index is 1.88. The molecule has 0 aromatic heterocycles. The second kappa shape index (κ2) is 6.13. The Kier molecular flexibility index (Phi) is 4.40. The summed E-state index contributed by atoms with van der Waals surface area (Å²) in [6.45, 7) is 0. The second-order valence-electron chi connectivity index (χ2n) is 6.87. The number of nitrogens with zero attached hydrogens (tertiary/aromatic N) is 1. The van der Waals surface area contributed by atoms with Gasteiger partial charge in [-0.05, 0) is 50.3 Å². The van der Waals surface area contributed by atoms with Crippen molar-refractivity contribution >= 4 is 23.5 Å². The topological polar surface area (TPSA) is 64.9 Å². The highest BCUT2D eigenvalue weighted by Crippen LogP contribution is 2.56. The Labute approximate surface area is 148 Å². The molecule has 134 valence electrons. The number of fused-ring (bicyclic) bond motifs is 2. The molecule has 0 heterocycles. The van der Waals surface area contributed by atoms with Crippen molar-refractivity contribution in [1.29, 1.82) is 5.26 Å². The summed E-state index contributed by atoms with van der Waals surface area (Å²) >= 11 is 1.20. The Hall–Kier alpha value is -1.88. The maximum atomic E-state index is 13.0. The minimum absolute atomic E-state index is 0.0279. The van der Waals surface area contributed by atoms with Gasteiger partial charge in [0.2, 0.25) is 0 Å². The third kappa shape index (κ3) is 3.30. The van der Waals surface area contributed by atoms with E-state index in [1.165, 1.54) is 18.0 Å². The van der Waals surface area contributed by atoms with Gasteiger partial charge in [0.15, 0.2) is 0 Å². The summed E-state index contributed by atoms with van der Waals surface area (Å²) in [5.41, 5.74) is -1.40. The SMILES string of the molecule is CSNc1ccc(C(F)(F)F)cc1C(=O)NC12CCC(C#N)(CC1)C2. The zero-order valence-corrected chi connectivity index (χ0v) is 14.5. The Morgan fingerprint density at radius 1 is 1.28 bits per heavy atom. The van der Waals surface area contributed by atoms with E-state index < -0.39 is 23.2 Å². The van der Waals surface area contributed by atoms with Crippen molar-refractivity contribution in [2.24, 2.45) is 5.41 Å². The number of hydrogen-bond acceptors (Lipinski definition) is 4. The highest BCUT2D eigenvalue weighted by molar-refractivity contribution is 7.99. The van der Waals surface area contributed by atoms with Crippen molar-refractivity contribution in [3.8, 4) is 6.07 Å². The van der Waals surface area contributed by atoms with Gasteiger partial charge in [-0.2, -0.15) is 18.4 Å². The first-order chi connectivity index (χ1) is 11.7. The van der Waals surface area contributed by atoms with E-state index in [0.717, 1.165) is 25.0 Å². The zero-order valence-electron chi connectivity index (χ0n) is 13.7. The van der Waals surface area contributed by atoms with Gasteiger partial charge in [0.1, 0.15) is 0 Å². The number of anilines is 1. The summed E-state index contributed by atoms with van der Waals surface area (Å²) in [5.74, 6) is -0.529. The second-order valence-corrected chi connectivity index (χ2v) is 7.48. The Bertz CT molecular complexity index is 734. The van der Waals surface area contributed by atoms with E-state index in [4.69, 9.17) is 0 Å². The standard InChI is InChI=1S/C17H18F3N3OS/c1-25-23-13-3-2-11(17(18,19)20)8-12(13)14(24)22-16-6-4-15(9-16,10-21)5-7-16/h2-3,8,23H,4-7,9H2,1H3,(H,22,24). The molecule has 4 nitrogen and oxygen atoms in total. The van der Waals surface area contributed by atoms with Crippen molar-refractivity contribution in [2.45, 2.75) is 43.8 Å². The highest BCUT2D eigenvalue weighted by Gasteiger charge is 2.55. The molecule has 2 fully saturated rings. The van der Waals surface area contributed by atoms with Gasteiger partial charge in [0, 0.05) is 11.8 Å². The fourth-order valence-electron chi connectivity index (χ4n) is 3.94. The summed E-state index contributed by atoms with van der Waals surface area (Å²) in [4.78, 5) is 12.7. The number of amides is 1. The Morgan fingerprint density at radius 3 is 2.48 bits per heavy atom. The smallest absolute Gasteiger partial charge is 0.346 e. The van der Waals surface area contributed by atoms with Crippen LogP contribution in [-0.4, -0.2) is 17.7 Å². The van der Waals surface area contributed by atoms with Crippen LogP contribution in [0, 0.1) is 16.7 Å². The third-order valence-electron chi connectivity index (χ3n) is 5.26. The fraction of sp³-hybridized carbons (Fsp3) is 0.529. The van der Waals surface area contributed by atoms with Gasteiger partial charge in [-0.3, -0.25) is 4.79 Å². The number of carbonyl (C=O) groups excluding carboxylic acids is 1. The van der Waals surface area contributed by atoms with Crippen LogP contribution in [-0.2, 0) is 6.18 Å². The maximum Gasteiger partial charge on any atom is 0.416 e. The number of nitrogens with one attached hydrogen (secondary N) is 2. The molecule has 3 rings (SSSR count). The normalized spacial score (nSPS) is 27.8. The van der Waals surface area contributed by atoms with Crippen molar-refractivity contribution < 1.29 is 18.0 Å². The van der Waals surface area contributed by atoms with Gasteiger partial charge in [-0.25, -0.2) is 0 Å². The number of hydrogen-bond donors (Lipinski definition) is 2. The van der Waals surface area contributed by atoms with Crippen LogP contribution < -0.4 is 10.0 Å². The monoisotopic (exact) mass is 369 g/mol. The molecule has 0 radical (unpaired) electrons. The predicted molar refractivity (Wildman–Crippen MR) is 89.9 cm³/mol. The molecular weight excluding hydrogens is 351 g/mol. The average molecular weight is 369 g/mol. The van der Waals surface area contributed by atoms with Gasteiger partial charge >= 0.3 is 6.18 Å². The number of nitriles is 1. The molecule has 0 spiro atoms. The van der Waals surface area contributed by atoms with Gasteiger partial charge in [0.25, 0.3) is 5.91 Å². The molecule has 25 heavy (non-hydrogen) atoms. The minimum atomic E-state index is -4.51. The van der Waals surface area contributed by atoms with Gasteiger partial charge in [0.05, 0.1) is 28.3 Å². The predicted octanol–water partition coefficient (Wildman–Crippen LogP) is 4.35. The third-order valence-corrected chi connectivity index (χ3v) is 5.68. The fourth-order valence-corrected chi connectivity index (χ4v) is 4.34. The lowest BCUT2D eigenvalue weighted by molar-refractivity contribution is -0.137. The van der Waals surface area contributed by atoms with E-state index in [9.17, 15) is 23.2 Å². The maximum absolute atomic E-state index is 13.0. The van der Waals surface area contributed by atoms with Crippen molar-refractivity contribution in [1.82, 2.24) is 5.32 Å². The van der Waals surface area contributed by atoms with Crippen molar-refractivity contribution in [2.75, 3.05) is 11.0 Å². The lowest BCUT2D eigenvalue weighted by Gasteiger charge is -2.28. The van der Waals surface area contributed by atoms with E-state index in [1.807, 2.05) is 0 Å². The van der Waals surface area contributed by atoms with E-state index in [-0.39, 0.29) is 11.0 Å². The molecule has 1 amide bonds. The first kappa shape index (κ1) is 17.9. The molecule has 0 aliphatic heterocycles. The molecule has 2 saturated carbocycles. The van der Waals surface area contributed by atoms with Gasteiger partial charge in [-0.1, -0.05) is 11.9 Å². The average Bonchev–Trinajstić information content (AvgIpc) is 3.10. The molecule has 0 saturated heterocycles. The molecular formula is C17H18F3N3OS. The summed E-state index contributed by atoms with van der Waals surface area (Å²) < 4.78 is 41.9. The molecule has 8 heteroatoms. The molecule has 2 aliphatic carbocycles. The van der Waals surface area contributed by atoms with Crippen LogP contribution in [0.1, 0.15) is 48.0 Å². The van der Waals surface area contributed by atoms with Gasteiger partial charge < -0.3 is 10.0 Å². The number of halogens is 3. The van der Waals surface area contributed by atoms with Crippen LogP contribution in [0.15, 0.2) is 18.2 Å². The summed E-state index contributed by atoms with van der Waals surface area (Å²) in [6.07, 6.45) is 0.624. The lowest BCUT2D eigenvalue weighted by Crippen LogP contribution is -2.45. The van der Waals surface area contributed by atoms with Crippen LogP contribution in [0.4, 0.5) is 18.9 Å². The van der Waals surface area contributed by atoms with Crippen LogP contribution in [0.2, 0.25) is 0 Å². The molecule has 2 bridgehead atoms. The van der Waals surface area contributed by atoms with Crippen LogP contribution >= 0.6 is 11.9 Å². The number of rotatable bonds is 4. The van der Waals surface area contributed by atoms with Crippen LogP contribution in [0.25, 0.3) is 0 Å². The number of benzene rings is 1. The minimum Gasteiger partial charge on any atom is -0.346 e. The molecule has 2 N–H and O–H groups in total. The number of carbonyl (C=O) groups is 1. The first-order valence-electron chi connectivity index (χ1n) is 7.97. The molecule has 2 aliphatic rings. The van der Waals surface area contributed by atoms with Crippen LogP contribution in [0.5, 0.6) is 0 Å². The van der Waals surface area contributed by atoms with E-state index in [0.29, 0.717) is 24.9 Å². The summed E-state index contributed by atoms with van der Waals surface area (Å²) in [7, 11) is 0. The van der Waals surface area contributed by atoms with E-state index in [1.54, 1.807) is 6.26 Å². The highest BCUT2D eigenvalue weighted by atomic mass is 32.2. The molecule has 0 atom stereocenters. The molecule has 0 unspecified atom stereocenters. The van der Waals surface area contributed by atoms with Crippen LogP contribution in [0.3, 0.4) is 0 Å². The Morgan fingerprint density at radius 2 is 1.96 bits per heavy atom. The van der Waals surface area contributed by atoms with Crippen molar-refractivity contribution in [3.63, 3.8) is 0 Å². The summed E-state index contributed by atoms with van der Waals surface area (Å²) in [6, 6.07) is 5.46. The lowest BCUT2D eigenvalue weighted by atomic mass is 9.85. The van der Waals surface area contributed by atoms with Crippen molar-refractivity contribution in [3.05, 3.63) is 29.3 Å². The number of alkyl halides is 3. The zero-order chi connectivity index (χ0) is 18.3. The molecule has 1 aromatic carbocycles.